The molecule has 11 N–H and O–H groups in total. The van der Waals surface area contributed by atoms with Gasteiger partial charge in [0.2, 0.25) is 17.7 Å². The Morgan fingerprint density at radius 1 is 0.591 bits per heavy atom. The van der Waals surface area contributed by atoms with Gasteiger partial charge in [-0.2, -0.15) is 12.6 Å². The summed E-state index contributed by atoms with van der Waals surface area (Å²) in [6, 6.07) is 0. The Morgan fingerprint density at radius 2 is 0.955 bits per heavy atom. The van der Waals surface area contributed by atoms with Gasteiger partial charge in [-0.15, -0.1) is 23.5 Å². The first-order valence-electron chi connectivity index (χ1n) is 14.7. The van der Waals surface area contributed by atoms with E-state index in [4.69, 9.17) is 0 Å². The molecule has 0 aliphatic carbocycles. The van der Waals surface area contributed by atoms with Crippen molar-refractivity contribution in [1.82, 2.24) is 20.9 Å². The summed E-state index contributed by atoms with van der Waals surface area (Å²) in [5.74, 6) is -0.319. The number of hydrogen-bond acceptors (Lipinski definition) is 15. The van der Waals surface area contributed by atoms with Crippen molar-refractivity contribution in [1.29, 1.82) is 0 Å². The van der Waals surface area contributed by atoms with Gasteiger partial charge in [0.15, 0.2) is 0 Å². The Hall–Kier alpha value is -0.900. The molecule has 0 aromatic heterocycles. The van der Waals surface area contributed by atoms with Crippen molar-refractivity contribution in [3.8, 4) is 0 Å². The van der Waals surface area contributed by atoms with E-state index in [0.717, 1.165) is 23.5 Å². The number of carbonyl (C=O) groups is 3. The fourth-order valence-electron chi connectivity index (χ4n) is 4.93. The molecule has 2 fully saturated rings. The van der Waals surface area contributed by atoms with E-state index in [1.54, 1.807) is 0 Å². The molecule has 0 spiro atoms. The van der Waals surface area contributed by atoms with Gasteiger partial charge >= 0.3 is 0 Å². The van der Waals surface area contributed by atoms with Crippen molar-refractivity contribution >= 4 is 53.9 Å². The van der Waals surface area contributed by atoms with E-state index in [1.807, 2.05) is 4.90 Å². The van der Waals surface area contributed by atoms with Crippen molar-refractivity contribution in [2.24, 2.45) is 0 Å². The van der Waals surface area contributed by atoms with Crippen LogP contribution in [0.5, 0.6) is 0 Å². The lowest BCUT2D eigenvalue weighted by molar-refractivity contribution is -0.123. The number of nitrogens with one attached hydrogen (secondary N) is 3. The van der Waals surface area contributed by atoms with Crippen LogP contribution in [-0.2, 0) is 14.4 Å². The minimum Gasteiger partial charge on any atom is -0.395 e. The molecule has 0 aromatic rings. The zero-order chi connectivity index (χ0) is 32.8. The molecule has 0 bridgehead atoms. The SMILES string of the molecule is O=C(CCCS)NCCN(CCNC(=O)C[C@@H]1S[C@H](CO)[C@H](O)[C@H](O)[C@H]1O)CCNC(=O)C[C@@H]1S[C@H](CO)[C@H](O)[C@H](O)[C@H]1O. The van der Waals surface area contributed by atoms with Gasteiger partial charge in [0.25, 0.3) is 0 Å². The molecule has 0 saturated carbocycles. The van der Waals surface area contributed by atoms with Crippen LogP contribution in [-0.4, -0.2) is 179 Å². The van der Waals surface area contributed by atoms with Crippen LogP contribution in [0, 0.1) is 0 Å². The molecule has 256 valence electrons. The first-order valence-corrected chi connectivity index (χ1v) is 17.2. The Bertz CT molecular complexity index is 838. The Morgan fingerprint density at radius 3 is 1.32 bits per heavy atom. The molecular weight excluding hydrogens is 641 g/mol. The number of carbonyl (C=O) groups excluding carboxylic acids is 3. The Labute approximate surface area is 271 Å². The van der Waals surface area contributed by atoms with Crippen LogP contribution in [0.4, 0.5) is 0 Å². The van der Waals surface area contributed by atoms with E-state index in [2.05, 4.69) is 28.6 Å². The molecule has 10 atom stereocenters. The molecule has 2 aliphatic rings. The highest BCUT2D eigenvalue weighted by atomic mass is 32.2. The maximum Gasteiger partial charge on any atom is 0.221 e. The largest absolute Gasteiger partial charge is 0.395 e. The average Bonchev–Trinajstić information content (AvgIpc) is 3.00. The summed E-state index contributed by atoms with van der Waals surface area (Å²) in [5, 5.41) is 84.8. The molecular formula is C26H48N4O11S3. The van der Waals surface area contributed by atoms with Crippen LogP contribution < -0.4 is 16.0 Å². The summed E-state index contributed by atoms with van der Waals surface area (Å²) >= 11 is 6.19. The fourth-order valence-corrected chi connectivity index (χ4v) is 7.94. The van der Waals surface area contributed by atoms with Gasteiger partial charge in [-0.3, -0.25) is 19.3 Å². The summed E-state index contributed by atoms with van der Waals surface area (Å²) in [6.07, 6.45) is -7.56. The standard InChI is InChI=1S/C26H48N4O11S3/c31-12-16-23(38)25(40)21(36)14(43-16)10-19(34)28-4-7-30(6-3-27-18(33)2-1-9-42)8-5-29-20(35)11-15-22(37)26(41)24(39)17(13-32)44-15/h14-17,21-26,31-32,36-42H,1-13H2,(H,27,33)(H,28,34)(H,29,35)/t14-,15-,16+,17+,21-,22-,23-,24-,25+,26+/m0/s1. The second-order valence-corrected chi connectivity index (χ2v) is 14.3. The summed E-state index contributed by atoms with van der Waals surface area (Å²) in [6.45, 7) is 1.03. The number of amides is 3. The normalized spacial score (nSPS) is 32.3. The van der Waals surface area contributed by atoms with E-state index in [9.17, 15) is 55.2 Å². The number of thioether (sulfide) groups is 2. The van der Waals surface area contributed by atoms with Crippen molar-refractivity contribution < 1.29 is 55.2 Å². The third kappa shape index (κ3) is 12.4. The van der Waals surface area contributed by atoms with Gasteiger partial charge in [-0.25, -0.2) is 0 Å². The maximum atomic E-state index is 12.6. The summed E-state index contributed by atoms with van der Waals surface area (Å²) in [4.78, 5) is 39.1. The molecule has 0 unspecified atom stereocenters. The van der Waals surface area contributed by atoms with E-state index >= 15 is 0 Å². The van der Waals surface area contributed by atoms with Gasteiger partial charge < -0.3 is 56.8 Å². The molecule has 2 rings (SSSR count). The Kier molecular flexibility index (Phi) is 18.2. The second-order valence-electron chi connectivity index (χ2n) is 10.9. The number of aliphatic hydroxyl groups excluding tert-OH is 8. The van der Waals surface area contributed by atoms with Crippen molar-refractivity contribution in [2.45, 2.75) is 83.3 Å². The third-order valence-electron chi connectivity index (χ3n) is 7.57. The van der Waals surface area contributed by atoms with Crippen molar-refractivity contribution in [3.63, 3.8) is 0 Å². The minimum absolute atomic E-state index is 0.116. The van der Waals surface area contributed by atoms with Crippen LogP contribution in [0.1, 0.15) is 25.7 Å². The number of aliphatic hydroxyl groups is 8. The maximum absolute atomic E-state index is 12.6. The summed E-state index contributed by atoms with van der Waals surface area (Å²) in [5.41, 5.74) is 0. The van der Waals surface area contributed by atoms with E-state index in [1.165, 1.54) is 0 Å². The topological polar surface area (TPSA) is 252 Å². The van der Waals surface area contributed by atoms with Crippen LogP contribution in [0.2, 0.25) is 0 Å². The molecule has 44 heavy (non-hydrogen) atoms. The molecule has 2 heterocycles. The Balaban J connectivity index is 1.85. The van der Waals surface area contributed by atoms with Crippen LogP contribution in [0.25, 0.3) is 0 Å². The van der Waals surface area contributed by atoms with Gasteiger partial charge in [0, 0.05) is 69.0 Å². The van der Waals surface area contributed by atoms with E-state index < -0.39 is 82.7 Å². The van der Waals surface area contributed by atoms with Gasteiger partial charge in [-0.1, -0.05) is 0 Å². The highest BCUT2D eigenvalue weighted by Gasteiger charge is 2.44. The van der Waals surface area contributed by atoms with Gasteiger partial charge in [0.1, 0.15) is 12.2 Å². The fraction of sp³-hybridized carbons (Fsp3) is 0.885. The summed E-state index contributed by atoms with van der Waals surface area (Å²) in [7, 11) is 0. The number of hydrogen-bond donors (Lipinski definition) is 12. The zero-order valence-electron chi connectivity index (χ0n) is 24.5. The molecule has 3 amide bonds. The van der Waals surface area contributed by atoms with Crippen LogP contribution in [0.3, 0.4) is 0 Å². The number of rotatable bonds is 18. The molecule has 0 radical (unpaired) electrons. The minimum atomic E-state index is -1.48. The van der Waals surface area contributed by atoms with Crippen LogP contribution >= 0.6 is 36.2 Å². The lowest BCUT2D eigenvalue weighted by Gasteiger charge is -2.39. The summed E-state index contributed by atoms with van der Waals surface area (Å²) < 4.78 is 0. The average molecular weight is 689 g/mol. The van der Waals surface area contributed by atoms with Gasteiger partial charge in [0.05, 0.1) is 48.1 Å². The highest BCUT2D eigenvalue weighted by Crippen LogP contribution is 2.35. The lowest BCUT2D eigenvalue weighted by atomic mass is 9.99. The highest BCUT2D eigenvalue weighted by molar-refractivity contribution is 8.01. The van der Waals surface area contributed by atoms with E-state index in [0.29, 0.717) is 44.8 Å². The van der Waals surface area contributed by atoms with E-state index in [-0.39, 0.29) is 31.8 Å². The lowest BCUT2D eigenvalue weighted by Crippen LogP contribution is -2.55. The monoisotopic (exact) mass is 688 g/mol. The first kappa shape index (κ1) is 39.3. The molecule has 0 aromatic carbocycles. The predicted molar refractivity (Wildman–Crippen MR) is 168 cm³/mol. The first-order chi connectivity index (χ1) is 20.9. The van der Waals surface area contributed by atoms with Crippen molar-refractivity contribution in [3.05, 3.63) is 0 Å². The van der Waals surface area contributed by atoms with Gasteiger partial charge in [-0.05, 0) is 12.2 Å². The third-order valence-corrected chi connectivity index (χ3v) is 11.0. The zero-order valence-corrected chi connectivity index (χ0v) is 27.0. The number of nitrogens with zero attached hydrogens (tertiary/aromatic N) is 1. The van der Waals surface area contributed by atoms with Crippen molar-refractivity contribution in [2.75, 3.05) is 58.2 Å². The number of thiol groups is 1. The quantitative estimate of drug-likeness (QED) is 0.0605. The van der Waals surface area contributed by atoms with Crippen LogP contribution in [0.15, 0.2) is 0 Å². The molecule has 2 saturated heterocycles. The second kappa shape index (κ2) is 20.4. The molecule has 18 heteroatoms. The smallest absolute Gasteiger partial charge is 0.221 e. The molecule has 2 aliphatic heterocycles. The molecule has 15 nitrogen and oxygen atoms in total. The predicted octanol–water partition coefficient (Wildman–Crippen LogP) is -4.75.